The predicted molar refractivity (Wildman–Crippen MR) is 67.6 cm³/mol. The number of carbonyl (C=O) groups is 2. The van der Waals surface area contributed by atoms with Gasteiger partial charge in [0.1, 0.15) is 13.2 Å². The maximum absolute atomic E-state index is 11.7. The number of hydrogen-bond donors (Lipinski definition) is 1. The lowest BCUT2D eigenvalue weighted by atomic mass is 10.2. The van der Waals surface area contributed by atoms with Crippen molar-refractivity contribution in [3.8, 4) is 0 Å². The van der Waals surface area contributed by atoms with E-state index in [1.165, 1.54) is 23.0 Å². The van der Waals surface area contributed by atoms with Crippen LogP contribution in [-0.2, 0) is 22.7 Å². The minimum Gasteiger partial charge on any atom is -0.480 e. The van der Waals surface area contributed by atoms with Crippen molar-refractivity contribution in [3.63, 3.8) is 0 Å². The fourth-order valence-corrected chi connectivity index (χ4v) is 1.62. The average molecular weight is 259 g/mol. The van der Waals surface area contributed by atoms with Crippen LogP contribution in [0, 0.1) is 0 Å². The predicted octanol–water partition coefficient (Wildman–Crippen LogP) is 1.93. The molecule has 1 aromatic carbocycles. The molecule has 0 aliphatic rings. The molecule has 0 unspecified atom stereocenters. The van der Waals surface area contributed by atoms with Gasteiger partial charge in [0.2, 0.25) is 0 Å². The molecule has 1 heterocycles. The zero-order valence-electron chi connectivity index (χ0n) is 10.2. The molecular weight excluding hydrogens is 246 g/mol. The van der Waals surface area contributed by atoms with E-state index in [-0.39, 0.29) is 13.2 Å². The first kappa shape index (κ1) is 12.9. The molecule has 0 saturated heterocycles. The number of aromatic nitrogens is 1. The molecule has 0 saturated carbocycles. The van der Waals surface area contributed by atoms with Gasteiger partial charge in [0.15, 0.2) is 0 Å². The van der Waals surface area contributed by atoms with Crippen molar-refractivity contribution < 1.29 is 19.4 Å². The summed E-state index contributed by atoms with van der Waals surface area (Å²) in [5, 5.41) is 8.63. The second-order valence-electron chi connectivity index (χ2n) is 4.03. The Morgan fingerprint density at radius 2 is 1.89 bits per heavy atom. The zero-order valence-corrected chi connectivity index (χ0v) is 10.2. The van der Waals surface area contributed by atoms with E-state index in [4.69, 9.17) is 9.84 Å². The Bertz CT molecular complexity index is 574. The first-order valence-corrected chi connectivity index (χ1v) is 5.74. The molecule has 0 aliphatic carbocycles. The van der Waals surface area contributed by atoms with Gasteiger partial charge in [-0.05, 0) is 11.6 Å². The Morgan fingerprint density at radius 1 is 1.16 bits per heavy atom. The fourth-order valence-electron chi connectivity index (χ4n) is 1.62. The summed E-state index contributed by atoms with van der Waals surface area (Å²) < 4.78 is 6.55. The summed E-state index contributed by atoms with van der Waals surface area (Å²) in [6.45, 7) is 0.0236. The number of aliphatic carboxylic acids is 1. The van der Waals surface area contributed by atoms with Crippen molar-refractivity contribution in [2.75, 3.05) is 0 Å². The molecule has 0 spiro atoms. The van der Waals surface area contributed by atoms with Crippen LogP contribution in [0.1, 0.15) is 15.9 Å². The van der Waals surface area contributed by atoms with E-state index in [0.29, 0.717) is 5.56 Å². The number of carbonyl (C=O) groups excluding carboxylic acids is 1. The van der Waals surface area contributed by atoms with Crippen molar-refractivity contribution in [1.29, 1.82) is 0 Å². The highest BCUT2D eigenvalue weighted by atomic mass is 16.5. The van der Waals surface area contributed by atoms with Crippen molar-refractivity contribution in [2.24, 2.45) is 0 Å². The van der Waals surface area contributed by atoms with E-state index in [1.54, 1.807) is 0 Å². The van der Waals surface area contributed by atoms with E-state index in [2.05, 4.69) is 0 Å². The normalized spacial score (nSPS) is 10.1. The summed E-state index contributed by atoms with van der Waals surface area (Å²) in [7, 11) is 0. The number of hydrogen-bond acceptors (Lipinski definition) is 3. The van der Waals surface area contributed by atoms with E-state index < -0.39 is 11.9 Å². The van der Waals surface area contributed by atoms with Crippen LogP contribution in [0.25, 0.3) is 0 Å². The Hall–Kier alpha value is -2.56. The topological polar surface area (TPSA) is 68.5 Å². The molecular formula is C14H13NO4. The van der Waals surface area contributed by atoms with Gasteiger partial charge in [-0.3, -0.25) is 4.79 Å². The zero-order chi connectivity index (χ0) is 13.7. The molecule has 2 rings (SSSR count). The number of esters is 1. The van der Waals surface area contributed by atoms with Gasteiger partial charge in [-0.2, -0.15) is 0 Å². The molecule has 2 aromatic rings. The second-order valence-corrected chi connectivity index (χ2v) is 4.03. The highest BCUT2D eigenvalue weighted by Gasteiger charge is 2.10. The lowest BCUT2D eigenvalue weighted by Crippen LogP contribution is -2.07. The molecule has 0 fully saturated rings. The highest BCUT2D eigenvalue weighted by Crippen LogP contribution is 2.07. The summed E-state index contributed by atoms with van der Waals surface area (Å²) >= 11 is 0. The summed E-state index contributed by atoms with van der Waals surface area (Å²) in [6, 6.07) is 10.9. The monoisotopic (exact) mass is 259 g/mol. The number of rotatable bonds is 5. The molecule has 0 radical (unpaired) electrons. The lowest BCUT2D eigenvalue weighted by molar-refractivity contribution is -0.137. The summed E-state index contributed by atoms with van der Waals surface area (Å²) in [5.74, 6) is -1.42. The molecule has 0 bridgehead atoms. The van der Waals surface area contributed by atoms with Crippen LogP contribution in [0.3, 0.4) is 0 Å². The molecule has 5 heteroatoms. The fraction of sp³-hybridized carbons (Fsp3) is 0.143. The second kappa shape index (κ2) is 5.86. The summed E-state index contributed by atoms with van der Waals surface area (Å²) in [5.41, 5.74) is 1.25. The van der Waals surface area contributed by atoms with Crippen molar-refractivity contribution in [1.82, 2.24) is 4.57 Å². The molecule has 0 atom stereocenters. The Morgan fingerprint density at radius 3 is 2.58 bits per heavy atom. The maximum atomic E-state index is 11.7. The van der Waals surface area contributed by atoms with Gasteiger partial charge in [0.05, 0.1) is 5.56 Å². The van der Waals surface area contributed by atoms with Gasteiger partial charge in [0.25, 0.3) is 0 Å². The summed E-state index contributed by atoms with van der Waals surface area (Å²) in [6.07, 6.45) is 2.99. The van der Waals surface area contributed by atoms with E-state index in [9.17, 15) is 9.59 Å². The van der Waals surface area contributed by atoms with Crippen LogP contribution >= 0.6 is 0 Å². The quantitative estimate of drug-likeness (QED) is 0.833. The third-order valence-corrected chi connectivity index (χ3v) is 2.52. The Labute approximate surface area is 110 Å². The average Bonchev–Trinajstić information content (AvgIpc) is 2.85. The van der Waals surface area contributed by atoms with Gasteiger partial charge in [-0.15, -0.1) is 0 Å². The number of ether oxygens (including phenoxy) is 1. The number of nitrogens with zero attached hydrogens (tertiary/aromatic N) is 1. The van der Waals surface area contributed by atoms with Crippen molar-refractivity contribution in [3.05, 3.63) is 59.9 Å². The van der Waals surface area contributed by atoms with Gasteiger partial charge in [-0.1, -0.05) is 30.3 Å². The minimum atomic E-state index is -0.959. The van der Waals surface area contributed by atoms with E-state index in [1.807, 2.05) is 30.3 Å². The molecule has 98 valence electrons. The van der Waals surface area contributed by atoms with Crippen molar-refractivity contribution in [2.45, 2.75) is 13.2 Å². The van der Waals surface area contributed by atoms with Gasteiger partial charge >= 0.3 is 11.9 Å². The number of benzene rings is 1. The molecule has 0 amide bonds. The lowest BCUT2D eigenvalue weighted by Gasteiger charge is -2.03. The first-order chi connectivity index (χ1) is 9.15. The SMILES string of the molecule is O=C(O)Cn1ccc(C(=O)OCc2ccccc2)c1. The third-order valence-electron chi connectivity index (χ3n) is 2.52. The van der Waals surface area contributed by atoms with Crippen LogP contribution in [-0.4, -0.2) is 21.6 Å². The first-order valence-electron chi connectivity index (χ1n) is 5.74. The van der Waals surface area contributed by atoms with Crippen LogP contribution < -0.4 is 0 Å². The molecule has 0 aliphatic heterocycles. The van der Waals surface area contributed by atoms with Crippen LogP contribution in [0.4, 0.5) is 0 Å². The maximum Gasteiger partial charge on any atom is 0.340 e. The minimum absolute atomic E-state index is 0.175. The van der Waals surface area contributed by atoms with E-state index >= 15 is 0 Å². The largest absolute Gasteiger partial charge is 0.480 e. The van der Waals surface area contributed by atoms with E-state index in [0.717, 1.165) is 5.56 Å². The Kier molecular flexibility index (Phi) is 3.97. The molecule has 1 N–H and O–H groups in total. The van der Waals surface area contributed by atoms with Gasteiger partial charge < -0.3 is 14.4 Å². The standard InChI is InChI=1S/C14H13NO4/c16-13(17)9-15-7-6-12(8-15)14(18)19-10-11-4-2-1-3-5-11/h1-8H,9-10H2,(H,16,17). The smallest absolute Gasteiger partial charge is 0.340 e. The van der Waals surface area contributed by atoms with Crippen LogP contribution in [0.2, 0.25) is 0 Å². The summed E-state index contributed by atoms with van der Waals surface area (Å²) in [4.78, 5) is 22.3. The van der Waals surface area contributed by atoms with Gasteiger partial charge in [-0.25, -0.2) is 4.79 Å². The van der Waals surface area contributed by atoms with Gasteiger partial charge in [0, 0.05) is 12.4 Å². The van der Waals surface area contributed by atoms with Crippen LogP contribution in [0.5, 0.6) is 0 Å². The Balaban J connectivity index is 1.93. The number of carboxylic acids is 1. The third kappa shape index (κ3) is 3.70. The molecule has 19 heavy (non-hydrogen) atoms. The van der Waals surface area contributed by atoms with Crippen molar-refractivity contribution >= 4 is 11.9 Å². The molecule has 5 nitrogen and oxygen atoms in total. The highest BCUT2D eigenvalue weighted by molar-refractivity contribution is 5.89. The van der Waals surface area contributed by atoms with Crippen LogP contribution in [0.15, 0.2) is 48.8 Å². The number of carboxylic acid groups (broad SMARTS) is 1. The molecule has 1 aromatic heterocycles.